The lowest BCUT2D eigenvalue weighted by molar-refractivity contribution is -0.0454. The summed E-state index contributed by atoms with van der Waals surface area (Å²) in [4.78, 5) is 4.26. The summed E-state index contributed by atoms with van der Waals surface area (Å²) in [7, 11) is 8.17. The molecule has 0 aromatic carbocycles. The molecule has 0 aromatic rings. The number of aliphatic hydroxyl groups excluding tert-OH is 2. The molecule has 19 heavy (non-hydrogen) atoms. The highest BCUT2D eigenvalue weighted by Gasteiger charge is 2.20. The first-order chi connectivity index (χ1) is 8.86. The molecule has 0 bridgehead atoms. The third kappa shape index (κ3) is 10.3. The van der Waals surface area contributed by atoms with Gasteiger partial charge < -0.3 is 24.7 Å². The Labute approximate surface area is 118 Å². The summed E-state index contributed by atoms with van der Waals surface area (Å²) in [5.74, 6) is 0.232. The van der Waals surface area contributed by atoms with Crippen LogP contribution in [0.4, 0.5) is 0 Å². The Bertz CT molecular complexity index is 201. The second-order valence-corrected chi connectivity index (χ2v) is 5.84. The van der Waals surface area contributed by atoms with E-state index in [2.05, 4.69) is 9.80 Å². The van der Waals surface area contributed by atoms with Gasteiger partial charge in [0.2, 0.25) is 0 Å². The lowest BCUT2D eigenvalue weighted by Crippen LogP contribution is -2.33. The Hall–Kier alpha value is -0.200. The van der Waals surface area contributed by atoms with E-state index in [4.69, 9.17) is 9.84 Å². The molecule has 0 fully saturated rings. The van der Waals surface area contributed by atoms with Crippen molar-refractivity contribution >= 4 is 0 Å². The summed E-state index contributed by atoms with van der Waals surface area (Å²) >= 11 is 0. The average Bonchev–Trinajstić information content (AvgIpc) is 2.34. The van der Waals surface area contributed by atoms with Crippen molar-refractivity contribution in [3.63, 3.8) is 0 Å². The smallest absolute Gasteiger partial charge is 0.0802 e. The predicted octanol–water partition coefficient (Wildman–Crippen LogP) is 0.264. The average molecular weight is 276 g/mol. The third-order valence-electron chi connectivity index (χ3n) is 3.25. The van der Waals surface area contributed by atoms with Crippen molar-refractivity contribution in [3.8, 4) is 0 Å². The van der Waals surface area contributed by atoms with Crippen LogP contribution in [0, 0.1) is 5.92 Å². The first kappa shape index (κ1) is 18.8. The van der Waals surface area contributed by atoms with E-state index in [1.807, 2.05) is 28.2 Å². The molecule has 0 rings (SSSR count). The lowest BCUT2D eigenvalue weighted by Gasteiger charge is -2.26. The maximum absolute atomic E-state index is 10.2. The van der Waals surface area contributed by atoms with Gasteiger partial charge in [-0.3, -0.25) is 0 Å². The van der Waals surface area contributed by atoms with Gasteiger partial charge in [-0.15, -0.1) is 0 Å². The lowest BCUT2D eigenvalue weighted by atomic mass is 9.94. The molecule has 0 aromatic heterocycles. The predicted molar refractivity (Wildman–Crippen MR) is 78.3 cm³/mol. The maximum Gasteiger partial charge on any atom is 0.0802 e. The van der Waals surface area contributed by atoms with E-state index in [0.29, 0.717) is 6.61 Å². The molecule has 5 heteroatoms. The standard InChI is InChI=1S/C14H32N2O3/c1-12(10-17)19-11-14(18)13(6-8-15(2)3)7-9-16(4)5/h12-14,17-18H,6-11H2,1-5H3. The van der Waals surface area contributed by atoms with Crippen LogP contribution in [0.15, 0.2) is 0 Å². The summed E-state index contributed by atoms with van der Waals surface area (Å²) in [6.07, 6.45) is 1.24. The summed E-state index contributed by atoms with van der Waals surface area (Å²) in [5.41, 5.74) is 0. The molecule has 0 aliphatic heterocycles. The van der Waals surface area contributed by atoms with Crippen LogP contribution in [-0.2, 0) is 4.74 Å². The molecule has 5 nitrogen and oxygen atoms in total. The molecule has 2 N–H and O–H groups in total. The fourth-order valence-corrected chi connectivity index (χ4v) is 1.83. The van der Waals surface area contributed by atoms with Gasteiger partial charge in [-0.1, -0.05) is 0 Å². The minimum absolute atomic E-state index is 0.00716. The second-order valence-electron chi connectivity index (χ2n) is 5.84. The van der Waals surface area contributed by atoms with Crippen molar-refractivity contribution in [1.29, 1.82) is 0 Å². The van der Waals surface area contributed by atoms with E-state index in [-0.39, 0.29) is 18.6 Å². The monoisotopic (exact) mass is 276 g/mol. The SMILES string of the molecule is CC(CO)OCC(O)C(CCN(C)C)CCN(C)C. The molecule has 2 unspecified atom stereocenters. The van der Waals surface area contributed by atoms with Crippen molar-refractivity contribution in [3.05, 3.63) is 0 Å². The topological polar surface area (TPSA) is 56.2 Å². The van der Waals surface area contributed by atoms with E-state index in [9.17, 15) is 5.11 Å². The minimum Gasteiger partial charge on any atom is -0.394 e. The molecule has 0 saturated heterocycles. The minimum atomic E-state index is -0.464. The molecule has 116 valence electrons. The highest BCUT2D eigenvalue weighted by atomic mass is 16.5. The summed E-state index contributed by atoms with van der Waals surface area (Å²) < 4.78 is 5.42. The summed E-state index contributed by atoms with van der Waals surface area (Å²) in [5, 5.41) is 19.2. The van der Waals surface area contributed by atoms with Crippen LogP contribution in [0.2, 0.25) is 0 Å². The Kier molecular flexibility index (Phi) is 10.5. The first-order valence-electron chi connectivity index (χ1n) is 7.06. The van der Waals surface area contributed by atoms with E-state index >= 15 is 0 Å². The second kappa shape index (κ2) is 10.6. The molecule has 0 spiro atoms. The van der Waals surface area contributed by atoms with E-state index in [0.717, 1.165) is 25.9 Å². The normalized spacial score (nSPS) is 15.5. The summed E-state index contributed by atoms with van der Waals surface area (Å²) in [6.45, 7) is 4.02. The number of hydrogen-bond donors (Lipinski definition) is 2. The molecule has 0 aliphatic carbocycles. The van der Waals surface area contributed by atoms with Gasteiger partial charge in [0.1, 0.15) is 0 Å². The van der Waals surface area contributed by atoms with Gasteiger partial charge in [-0.05, 0) is 67.0 Å². The van der Waals surface area contributed by atoms with Gasteiger partial charge in [0.05, 0.1) is 25.4 Å². The zero-order chi connectivity index (χ0) is 14.8. The maximum atomic E-state index is 10.2. The molecule has 0 aliphatic rings. The van der Waals surface area contributed by atoms with Crippen molar-refractivity contribution in [2.24, 2.45) is 5.92 Å². The van der Waals surface area contributed by atoms with Gasteiger partial charge in [0.25, 0.3) is 0 Å². The van der Waals surface area contributed by atoms with Crippen LogP contribution in [0.1, 0.15) is 19.8 Å². The quantitative estimate of drug-likeness (QED) is 0.567. The van der Waals surface area contributed by atoms with Crippen molar-refractivity contribution < 1.29 is 14.9 Å². The third-order valence-corrected chi connectivity index (χ3v) is 3.25. The van der Waals surface area contributed by atoms with Gasteiger partial charge in [0.15, 0.2) is 0 Å². The van der Waals surface area contributed by atoms with Crippen LogP contribution >= 0.6 is 0 Å². The molecule has 2 atom stereocenters. The first-order valence-corrected chi connectivity index (χ1v) is 7.06. The van der Waals surface area contributed by atoms with E-state index in [1.54, 1.807) is 6.92 Å². The largest absolute Gasteiger partial charge is 0.394 e. The van der Waals surface area contributed by atoms with Crippen LogP contribution in [0.3, 0.4) is 0 Å². The van der Waals surface area contributed by atoms with Gasteiger partial charge >= 0.3 is 0 Å². The van der Waals surface area contributed by atoms with Crippen LogP contribution < -0.4 is 0 Å². The Morgan fingerprint density at radius 1 is 1.00 bits per heavy atom. The van der Waals surface area contributed by atoms with E-state index in [1.165, 1.54) is 0 Å². The Morgan fingerprint density at radius 3 is 1.84 bits per heavy atom. The molecule has 0 amide bonds. The van der Waals surface area contributed by atoms with Crippen LogP contribution in [0.25, 0.3) is 0 Å². The fourth-order valence-electron chi connectivity index (χ4n) is 1.83. The van der Waals surface area contributed by atoms with Crippen LogP contribution in [0.5, 0.6) is 0 Å². The van der Waals surface area contributed by atoms with Gasteiger partial charge in [-0.25, -0.2) is 0 Å². The molecular formula is C14H32N2O3. The number of nitrogens with zero attached hydrogens (tertiary/aromatic N) is 2. The van der Waals surface area contributed by atoms with Gasteiger partial charge in [-0.2, -0.15) is 0 Å². The summed E-state index contributed by atoms with van der Waals surface area (Å²) in [6, 6.07) is 0. The molecule has 0 saturated carbocycles. The van der Waals surface area contributed by atoms with Crippen molar-refractivity contribution in [1.82, 2.24) is 9.80 Å². The Morgan fingerprint density at radius 2 is 1.47 bits per heavy atom. The molecule has 0 radical (unpaired) electrons. The number of rotatable bonds is 11. The number of aliphatic hydroxyl groups is 2. The van der Waals surface area contributed by atoms with Crippen molar-refractivity contribution in [2.75, 3.05) is 54.5 Å². The van der Waals surface area contributed by atoms with E-state index < -0.39 is 6.10 Å². The Balaban J connectivity index is 4.19. The number of hydrogen-bond acceptors (Lipinski definition) is 5. The molecular weight excluding hydrogens is 244 g/mol. The highest BCUT2D eigenvalue weighted by Crippen LogP contribution is 2.16. The van der Waals surface area contributed by atoms with Gasteiger partial charge in [0, 0.05) is 0 Å². The fraction of sp³-hybridized carbons (Fsp3) is 1.00. The van der Waals surface area contributed by atoms with Crippen molar-refractivity contribution in [2.45, 2.75) is 32.0 Å². The zero-order valence-electron chi connectivity index (χ0n) is 13.2. The number of ether oxygens (including phenoxy) is 1. The molecule has 0 heterocycles. The van der Waals surface area contributed by atoms with Crippen LogP contribution in [-0.4, -0.2) is 86.7 Å². The zero-order valence-corrected chi connectivity index (χ0v) is 13.2. The highest BCUT2D eigenvalue weighted by molar-refractivity contribution is 4.71.